The Kier molecular flexibility index (Phi) is 3.69. The van der Waals surface area contributed by atoms with Crippen molar-refractivity contribution in [3.8, 4) is 11.4 Å². The van der Waals surface area contributed by atoms with Gasteiger partial charge in [-0.05, 0) is 32.0 Å². The van der Waals surface area contributed by atoms with Crippen LogP contribution < -0.4 is 0 Å². The Morgan fingerprint density at radius 1 is 1.05 bits per heavy atom. The van der Waals surface area contributed by atoms with Crippen LogP contribution in [-0.4, -0.2) is 9.97 Å². The van der Waals surface area contributed by atoms with Crippen LogP contribution in [0.4, 0.5) is 17.6 Å². The van der Waals surface area contributed by atoms with E-state index in [0.29, 0.717) is 17.3 Å². The first-order chi connectivity index (χ1) is 9.18. The quantitative estimate of drug-likeness (QED) is 0.569. The number of nitrogens with zero attached hydrogens (tertiary/aromatic N) is 2. The largest absolute Gasteiger partial charge is 0.416 e. The van der Waals surface area contributed by atoms with Gasteiger partial charge in [0.1, 0.15) is 11.0 Å². The zero-order valence-corrected chi connectivity index (χ0v) is 11.3. The van der Waals surface area contributed by atoms with Crippen molar-refractivity contribution in [1.82, 2.24) is 9.97 Å². The van der Waals surface area contributed by atoms with Gasteiger partial charge < -0.3 is 0 Å². The SMILES string of the molecule is Cc1nc(-c2cc(F)cc(C(F)(F)F)c2)nc(Cl)c1C. The van der Waals surface area contributed by atoms with Crippen LogP contribution >= 0.6 is 11.6 Å². The predicted octanol–water partition coefficient (Wildman–Crippen LogP) is 4.57. The number of rotatable bonds is 1. The van der Waals surface area contributed by atoms with E-state index in [1.54, 1.807) is 13.8 Å². The van der Waals surface area contributed by atoms with Crippen molar-refractivity contribution in [2.45, 2.75) is 20.0 Å². The van der Waals surface area contributed by atoms with Crippen LogP contribution in [0.15, 0.2) is 18.2 Å². The first-order valence-electron chi connectivity index (χ1n) is 5.57. The van der Waals surface area contributed by atoms with E-state index in [9.17, 15) is 17.6 Å². The van der Waals surface area contributed by atoms with Crippen LogP contribution in [0.25, 0.3) is 11.4 Å². The van der Waals surface area contributed by atoms with Gasteiger partial charge in [0, 0.05) is 16.8 Å². The molecule has 0 saturated carbocycles. The van der Waals surface area contributed by atoms with Crippen molar-refractivity contribution in [3.05, 3.63) is 46.0 Å². The fraction of sp³-hybridized carbons (Fsp3) is 0.231. The molecule has 0 spiro atoms. The number of alkyl halides is 3. The molecule has 0 aliphatic heterocycles. The molecule has 0 unspecified atom stereocenters. The zero-order valence-electron chi connectivity index (χ0n) is 10.5. The maximum Gasteiger partial charge on any atom is 0.416 e. The summed E-state index contributed by atoms with van der Waals surface area (Å²) in [5.74, 6) is -1.05. The second-order valence-electron chi connectivity index (χ2n) is 4.27. The third kappa shape index (κ3) is 2.90. The first kappa shape index (κ1) is 14.7. The summed E-state index contributed by atoms with van der Waals surface area (Å²) in [6, 6.07) is 2.16. The molecule has 7 heteroatoms. The molecule has 0 aliphatic rings. The molecule has 0 fully saturated rings. The molecule has 0 atom stereocenters. The van der Waals surface area contributed by atoms with E-state index >= 15 is 0 Å². The predicted molar refractivity (Wildman–Crippen MR) is 66.9 cm³/mol. The summed E-state index contributed by atoms with van der Waals surface area (Å²) >= 11 is 5.87. The normalized spacial score (nSPS) is 11.8. The highest BCUT2D eigenvalue weighted by Crippen LogP contribution is 2.32. The van der Waals surface area contributed by atoms with Crippen LogP contribution in [0.2, 0.25) is 5.15 Å². The standard InChI is InChI=1S/C13H9ClF4N2/c1-6-7(2)19-12(20-11(6)14)8-3-9(13(16,17)18)5-10(15)4-8/h3-5H,1-2H3. The van der Waals surface area contributed by atoms with Gasteiger partial charge in [0.2, 0.25) is 0 Å². The Morgan fingerprint density at radius 2 is 1.70 bits per heavy atom. The molecule has 1 heterocycles. The Balaban J connectivity index is 2.61. The number of aromatic nitrogens is 2. The molecular weight excluding hydrogens is 296 g/mol. The molecule has 1 aromatic heterocycles. The minimum Gasteiger partial charge on any atom is -0.233 e. The lowest BCUT2D eigenvalue weighted by molar-refractivity contribution is -0.137. The summed E-state index contributed by atoms with van der Waals surface area (Å²) in [6.45, 7) is 3.34. The van der Waals surface area contributed by atoms with Gasteiger partial charge in [-0.2, -0.15) is 13.2 Å². The third-order valence-corrected chi connectivity index (χ3v) is 3.18. The van der Waals surface area contributed by atoms with Gasteiger partial charge in [0.15, 0.2) is 5.82 Å². The van der Waals surface area contributed by atoms with E-state index in [-0.39, 0.29) is 16.5 Å². The summed E-state index contributed by atoms with van der Waals surface area (Å²) in [7, 11) is 0. The molecule has 0 radical (unpaired) electrons. The van der Waals surface area contributed by atoms with E-state index in [1.807, 2.05) is 0 Å². The molecular formula is C13H9ClF4N2. The van der Waals surface area contributed by atoms with Crippen LogP contribution in [0.5, 0.6) is 0 Å². The van der Waals surface area contributed by atoms with Crippen LogP contribution in [-0.2, 0) is 6.18 Å². The lowest BCUT2D eigenvalue weighted by atomic mass is 10.1. The highest BCUT2D eigenvalue weighted by Gasteiger charge is 2.31. The van der Waals surface area contributed by atoms with Crippen molar-refractivity contribution >= 4 is 11.6 Å². The molecule has 1 aromatic carbocycles. The van der Waals surface area contributed by atoms with Gasteiger partial charge in [-0.25, -0.2) is 14.4 Å². The van der Waals surface area contributed by atoms with Crippen molar-refractivity contribution < 1.29 is 17.6 Å². The fourth-order valence-electron chi connectivity index (χ4n) is 1.61. The topological polar surface area (TPSA) is 25.8 Å². The minimum absolute atomic E-state index is 0.0388. The van der Waals surface area contributed by atoms with E-state index in [1.165, 1.54) is 0 Å². The number of hydrogen-bond acceptors (Lipinski definition) is 2. The van der Waals surface area contributed by atoms with E-state index < -0.39 is 17.6 Å². The van der Waals surface area contributed by atoms with Gasteiger partial charge >= 0.3 is 6.18 Å². The molecule has 0 aliphatic carbocycles. The Hall–Kier alpha value is -1.69. The third-order valence-electron chi connectivity index (χ3n) is 2.81. The fourth-order valence-corrected chi connectivity index (χ4v) is 1.82. The number of aryl methyl sites for hydroxylation is 1. The molecule has 0 bridgehead atoms. The average molecular weight is 305 g/mol. The molecule has 0 amide bonds. The molecule has 2 aromatic rings. The molecule has 2 nitrogen and oxygen atoms in total. The summed E-state index contributed by atoms with van der Waals surface area (Å²) < 4.78 is 51.3. The summed E-state index contributed by atoms with van der Waals surface area (Å²) in [4.78, 5) is 7.93. The second kappa shape index (κ2) is 5.01. The number of halogens is 5. The number of hydrogen-bond donors (Lipinski definition) is 0. The van der Waals surface area contributed by atoms with Gasteiger partial charge in [-0.15, -0.1) is 0 Å². The molecule has 20 heavy (non-hydrogen) atoms. The summed E-state index contributed by atoms with van der Waals surface area (Å²) in [5.41, 5.74) is -0.00606. The van der Waals surface area contributed by atoms with E-state index in [4.69, 9.17) is 11.6 Å². The van der Waals surface area contributed by atoms with Crippen LogP contribution in [0.1, 0.15) is 16.8 Å². The molecule has 2 rings (SSSR count). The van der Waals surface area contributed by atoms with Crippen LogP contribution in [0, 0.1) is 19.7 Å². The monoisotopic (exact) mass is 304 g/mol. The second-order valence-corrected chi connectivity index (χ2v) is 4.63. The Bertz CT molecular complexity index is 645. The molecule has 0 saturated heterocycles. The van der Waals surface area contributed by atoms with Gasteiger partial charge in [-0.1, -0.05) is 11.6 Å². The number of benzene rings is 1. The zero-order chi connectivity index (χ0) is 15.1. The highest BCUT2D eigenvalue weighted by molar-refractivity contribution is 6.30. The Labute approximate surface area is 117 Å². The average Bonchev–Trinajstić information content (AvgIpc) is 2.33. The summed E-state index contributed by atoms with van der Waals surface area (Å²) in [5, 5.41) is 0.130. The smallest absolute Gasteiger partial charge is 0.233 e. The molecule has 106 valence electrons. The van der Waals surface area contributed by atoms with Crippen molar-refractivity contribution in [2.24, 2.45) is 0 Å². The van der Waals surface area contributed by atoms with E-state index in [2.05, 4.69) is 9.97 Å². The van der Waals surface area contributed by atoms with Gasteiger partial charge in [0.05, 0.1) is 5.56 Å². The first-order valence-corrected chi connectivity index (χ1v) is 5.95. The van der Waals surface area contributed by atoms with Crippen molar-refractivity contribution in [2.75, 3.05) is 0 Å². The Morgan fingerprint density at radius 3 is 2.25 bits per heavy atom. The molecule has 0 N–H and O–H groups in total. The lowest BCUT2D eigenvalue weighted by Gasteiger charge is -2.10. The van der Waals surface area contributed by atoms with E-state index in [0.717, 1.165) is 12.1 Å². The maximum absolute atomic E-state index is 13.3. The minimum atomic E-state index is -4.64. The lowest BCUT2D eigenvalue weighted by Crippen LogP contribution is -2.06. The highest BCUT2D eigenvalue weighted by atomic mass is 35.5. The van der Waals surface area contributed by atoms with Gasteiger partial charge in [-0.3, -0.25) is 0 Å². The van der Waals surface area contributed by atoms with Crippen molar-refractivity contribution in [3.63, 3.8) is 0 Å². The van der Waals surface area contributed by atoms with Gasteiger partial charge in [0.25, 0.3) is 0 Å². The maximum atomic E-state index is 13.3. The van der Waals surface area contributed by atoms with Crippen molar-refractivity contribution in [1.29, 1.82) is 0 Å². The summed E-state index contributed by atoms with van der Waals surface area (Å²) in [6.07, 6.45) is -4.64. The van der Waals surface area contributed by atoms with Crippen LogP contribution in [0.3, 0.4) is 0 Å².